The highest BCUT2D eigenvalue weighted by atomic mass is 16.5. The molecule has 4 aliphatic carbocycles. The molecule has 6 heteroatoms. The van der Waals surface area contributed by atoms with Crippen LogP contribution in [0, 0.1) is 49.4 Å². The van der Waals surface area contributed by atoms with Crippen molar-refractivity contribution in [2.75, 3.05) is 18.7 Å². The van der Waals surface area contributed by atoms with Crippen LogP contribution in [0.4, 0.5) is 5.69 Å². The van der Waals surface area contributed by atoms with Gasteiger partial charge in [0.25, 0.3) is 5.91 Å². The lowest BCUT2D eigenvalue weighted by Crippen LogP contribution is -2.45. The van der Waals surface area contributed by atoms with Crippen LogP contribution >= 0.6 is 0 Å². The number of amides is 3. The zero-order chi connectivity index (χ0) is 23.7. The molecule has 174 valence electrons. The summed E-state index contributed by atoms with van der Waals surface area (Å²) in [5.74, 6) is 0.702. The first-order valence-electron chi connectivity index (χ1n) is 12.0. The first-order chi connectivity index (χ1) is 16.4. The number of hydrogen-bond acceptors (Lipinski definition) is 4. The Balaban J connectivity index is 1.39. The van der Waals surface area contributed by atoms with Gasteiger partial charge in [0.1, 0.15) is 12.4 Å². The van der Waals surface area contributed by atoms with Gasteiger partial charge < -0.3 is 4.74 Å². The Hall–Kier alpha value is -3.41. The van der Waals surface area contributed by atoms with Gasteiger partial charge in [-0.05, 0) is 73.3 Å². The lowest BCUT2D eigenvalue weighted by atomic mass is 9.63. The molecule has 0 radical (unpaired) electrons. The summed E-state index contributed by atoms with van der Waals surface area (Å²) < 4.78 is 5.45. The minimum Gasteiger partial charge on any atom is -0.496 e. The molecule has 2 bridgehead atoms. The summed E-state index contributed by atoms with van der Waals surface area (Å²) >= 11 is 0. The number of para-hydroxylation sites is 1. The number of ether oxygens (including phenoxy) is 1. The van der Waals surface area contributed by atoms with Crippen molar-refractivity contribution in [3.63, 3.8) is 0 Å². The number of anilines is 1. The first-order valence-corrected chi connectivity index (χ1v) is 12.0. The normalized spacial score (nSPS) is 30.3. The molecule has 6 atom stereocenters. The molecule has 5 aliphatic rings. The third-order valence-electron chi connectivity index (χ3n) is 8.49. The molecule has 1 aliphatic heterocycles. The molecule has 6 nitrogen and oxygen atoms in total. The Kier molecular flexibility index (Phi) is 4.70. The number of imide groups is 1. The van der Waals surface area contributed by atoms with Crippen LogP contribution in [-0.2, 0) is 9.59 Å². The van der Waals surface area contributed by atoms with E-state index in [0.717, 1.165) is 17.5 Å². The minimum atomic E-state index is -0.300. The summed E-state index contributed by atoms with van der Waals surface area (Å²) in [5.41, 5.74) is 3.05. The topological polar surface area (TPSA) is 66.9 Å². The standard InChI is InChI=1S/C28H28N2O4/c1-15-7-6-9-22(16(15)2)29(26(31)19-8-4-5-10-23(19)34-3)14-30-27(32)24-17-11-12-18(21-13-20(17)21)25(24)28(30)33/h4-12,17-18,20-21,24-25H,13-14H2,1-3H3. The smallest absolute Gasteiger partial charge is 0.263 e. The molecule has 0 aromatic heterocycles. The fourth-order valence-corrected chi connectivity index (χ4v) is 6.54. The number of likely N-dealkylation sites (tertiary alicyclic amines) is 1. The van der Waals surface area contributed by atoms with Gasteiger partial charge in [-0.2, -0.15) is 0 Å². The van der Waals surface area contributed by atoms with Gasteiger partial charge in [-0.3, -0.25) is 24.2 Å². The van der Waals surface area contributed by atoms with Crippen molar-refractivity contribution in [2.45, 2.75) is 20.3 Å². The molecule has 2 aromatic rings. The number of carbonyl (C=O) groups is 3. The summed E-state index contributed by atoms with van der Waals surface area (Å²) in [7, 11) is 1.53. The number of benzene rings is 2. The van der Waals surface area contributed by atoms with Gasteiger partial charge in [-0.1, -0.05) is 36.4 Å². The molecule has 3 amide bonds. The molecule has 3 fully saturated rings. The summed E-state index contributed by atoms with van der Waals surface area (Å²) in [6.07, 6.45) is 5.45. The van der Waals surface area contributed by atoms with E-state index in [9.17, 15) is 14.4 Å². The van der Waals surface area contributed by atoms with E-state index in [1.807, 2.05) is 38.1 Å². The van der Waals surface area contributed by atoms with E-state index in [1.165, 1.54) is 12.0 Å². The summed E-state index contributed by atoms with van der Waals surface area (Å²) in [5, 5.41) is 0. The molecule has 2 aromatic carbocycles. The van der Waals surface area contributed by atoms with Crippen molar-refractivity contribution >= 4 is 23.4 Å². The van der Waals surface area contributed by atoms with Gasteiger partial charge in [-0.25, -0.2) is 0 Å². The van der Waals surface area contributed by atoms with E-state index in [-0.39, 0.29) is 48.1 Å². The Morgan fingerprint density at radius 3 is 2.26 bits per heavy atom. The van der Waals surface area contributed by atoms with Crippen LogP contribution in [0.3, 0.4) is 0 Å². The van der Waals surface area contributed by atoms with Crippen molar-refractivity contribution in [1.82, 2.24) is 4.90 Å². The number of nitrogens with zero attached hydrogens (tertiary/aromatic N) is 2. The molecule has 6 unspecified atom stereocenters. The summed E-state index contributed by atoms with van der Waals surface area (Å²) in [6, 6.07) is 12.8. The quantitative estimate of drug-likeness (QED) is 0.504. The van der Waals surface area contributed by atoms with Crippen molar-refractivity contribution in [1.29, 1.82) is 0 Å². The van der Waals surface area contributed by atoms with Gasteiger partial charge in [0, 0.05) is 5.69 Å². The van der Waals surface area contributed by atoms with E-state index in [4.69, 9.17) is 4.74 Å². The molecular weight excluding hydrogens is 428 g/mol. The highest BCUT2D eigenvalue weighted by Gasteiger charge is 2.67. The Bertz CT molecular complexity index is 1210. The Morgan fingerprint density at radius 2 is 1.62 bits per heavy atom. The maximum absolute atomic E-state index is 13.9. The molecule has 0 spiro atoms. The molecule has 7 rings (SSSR count). The SMILES string of the molecule is COc1ccccc1C(=O)N(CN1C(=O)C2C3C=CC(C4CC34)C2C1=O)c1cccc(C)c1C. The third-order valence-corrected chi connectivity index (χ3v) is 8.49. The van der Waals surface area contributed by atoms with Crippen LogP contribution in [0.2, 0.25) is 0 Å². The van der Waals surface area contributed by atoms with Gasteiger partial charge in [0.05, 0.1) is 24.5 Å². The van der Waals surface area contributed by atoms with Crippen LogP contribution in [0.1, 0.15) is 27.9 Å². The third kappa shape index (κ3) is 2.90. The van der Waals surface area contributed by atoms with Crippen molar-refractivity contribution in [3.05, 3.63) is 71.3 Å². The number of hydrogen-bond donors (Lipinski definition) is 0. The minimum absolute atomic E-state index is 0.0966. The number of rotatable bonds is 5. The molecule has 1 heterocycles. The molecule has 34 heavy (non-hydrogen) atoms. The van der Waals surface area contributed by atoms with Gasteiger partial charge in [-0.15, -0.1) is 0 Å². The van der Waals surface area contributed by atoms with Crippen LogP contribution in [-0.4, -0.2) is 36.4 Å². The molecular formula is C28H28N2O4. The Labute approximate surface area is 199 Å². The average Bonchev–Trinajstić information content (AvgIpc) is 3.64. The van der Waals surface area contributed by atoms with E-state index < -0.39 is 0 Å². The fourth-order valence-electron chi connectivity index (χ4n) is 6.54. The van der Waals surface area contributed by atoms with E-state index in [1.54, 1.807) is 23.1 Å². The van der Waals surface area contributed by atoms with E-state index in [2.05, 4.69) is 12.2 Å². The largest absolute Gasteiger partial charge is 0.496 e. The van der Waals surface area contributed by atoms with Crippen LogP contribution in [0.15, 0.2) is 54.6 Å². The predicted octanol–water partition coefficient (Wildman–Crippen LogP) is 3.97. The van der Waals surface area contributed by atoms with Crippen molar-refractivity contribution in [3.8, 4) is 5.75 Å². The highest BCUT2D eigenvalue weighted by molar-refractivity contribution is 6.11. The second-order valence-electron chi connectivity index (χ2n) is 10.1. The second-order valence-corrected chi connectivity index (χ2v) is 10.1. The zero-order valence-electron chi connectivity index (χ0n) is 19.6. The van der Waals surface area contributed by atoms with Crippen LogP contribution in [0.5, 0.6) is 5.75 Å². The monoisotopic (exact) mass is 456 g/mol. The number of carbonyl (C=O) groups excluding carboxylic acids is 3. The van der Waals surface area contributed by atoms with Crippen LogP contribution in [0.25, 0.3) is 0 Å². The molecule has 1 saturated heterocycles. The number of allylic oxidation sites excluding steroid dienone is 2. The maximum Gasteiger partial charge on any atom is 0.263 e. The average molecular weight is 457 g/mol. The Morgan fingerprint density at radius 1 is 0.971 bits per heavy atom. The maximum atomic E-state index is 13.9. The van der Waals surface area contributed by atoms with Gasteiger partial charge in [0.2, 0.25) is 11.8 Å². The summed E-state index contributed by atoms with van der Waals surface area (Å²) in [6.45, 7) is 3.85. The lowest BCUT2D eigenvalue weighted by molar-refractivity contribution is -0.140. The van der Waals surface area contributed by atoms with E-state index >= 15 is 0 Å². The molecule has 2 saturated carbocycles. The van der Waals surface area contributed by atoms with E-state index in [0.29, 0.717) is 28.8 Å². The summed E-state index contributed by atoms with van der Waals surface area (Å²) in [4.78, 5) is 44.0. The zero-order valence-corrected chi connectivity index (χ0v) is 19.6. The number of methoxy groups -OCH3 is 1. The van der Waals surface area contributed by atoms with Gasteiger partial charge >= 0.3 is 0 Å². The number of aryl methyl sites for hydroxylation is 1. The predicted molar refractivity (Wildman–Crippen MR) is 127 cm³/mol. The van der Waals surface area contributed by atoms with Gasteiger partial charge in [0.15, 0.2) is 0 Å². The van der Waals surface area contributed by atoms with Crippen molar-refractivity contribution < 1.29 is 19.1 Å². The van der Waals surface area contributed by atoms with Crippen LogP contribution < -0.4 is 9.64 Å². The first kappa shape index (κ1) is 21.1. The van der Waals surface area contributed by atoms with Crippen molar-refractivity contribution in [2.24, 2.45) is 35.5 Å². The second kappa shape index (κ2) is 7.55. The molecule has 0 N–H and O–H groups in total. The highest BCUT2D eigenvalue weighted by Crippen LogP contribution is 2.65. The lowest BCUT2D eigenvalue weighted by Gasteiger charge is -2.37. The fraction of sp³-hybridized carbons (Fsp3) is 0.393.